The number of hydrogen-bond donors (Lipinski definition) is 2. The summed E-state index contributed by atoms with van der Waals surface area (Å²) in [5.41, 5.74) is 8.98. The predicted octanol–water partition coefficient (Wildman–Crippen LogP) is 2.89. The number of furan rings is 1. The Bertz CT molecular complexity index is 1030. The number of rotatable bonds is 5. The second kappa shape index (κ2) is 8.09. The second-order valence-electron chi connectivity index (χ2n) is 7.67. The lowest BCUT2D eigenvalue weighted by molar-refractivity contribution is 0.0664. The molecule has 0 atom stereocenters. The van der Waals surface area contributed by atoms with Crippen molar-refractivity contribution in [3.63, 3.8) is 0 Å². The normalized spacial score (nSPS) is 15.0. The molecule has 6 heteroatoms. The molecule has 29 heavy (non-hydrogen) atoms. The Balaban J connectivity index is 1.38. The number of nitrogens with zero attached hydrogens (tertiary/aromatic N) is 2. The minimum atomic E-state index is 0.0564. The van der Waals surface area contributed by atoms with E-state index < -0.39 is 0 Å². The maximum Gasteiger partial charge on any atom is 0.253 e. The van der Waals surface area contributed by atoms with Gasteiger partial charge in [0.2, 0.25) is 0 Å². The Morgan fingerprint density at radius 3 is 2.38 bits per heavy atom. The van der Waals surface area contributed by atoms with Crippen LogP contribution in [0.25, 0.3) is 11.0 Å². The van der Waals surface area contributed by atoms with E-state index in [1.807, 2.05) is 47.4 Å². The molecule has 3 aromatic rings. The number of likely N-dealkylation sites (N-methyl/N-ethyl adjacent to an activating group) is 1. The largest absolute Gasteiger partial charge is 0.461 e. The highest BCUT2D eigenvalue weighted by atomic mass is 16.3. The van der Waals surface area contributed by atoms with E-state index in [1.165, 1.54) is 5.56 Å². The third-order valence-electron chi connectivity index (χ3n) is 5.53. The summed E-state index contributed by atoms with van der Waals surface area (Å²) in [6.07, 6.45) is 1.61. The first-order valence-electron chi connectivity index (χ1n) is 9.93. The van der Waals surface area contributed by atoms with Crippen LogP contribution < -0.4 is 5.73 Å². The van der Waals surface area contributed by atoms with Gasteiger partial charge in [-0.05, 0) is 55.4 Å². The Morgan fingerprint density at radius 1 is 1.00 bits per heavy atom. The number of benzene rings is 2. The monoisotopic (exact) mass is 390 g/mol. The fourth-order valence-corrected chi connectivity index (χ4v) is 3.66. The van der Waals surface area contributed by atoms with Crippen molar-refractivity contribution in [1.82, 2.24) is 9.80 Å². The van der Waals surface area contributed by atoms with E-state index in [2.05, 4.69) is 11.9 Å². The molecular formula is C23H26N4O2. The number of fused-ring (bicyclic) bond motifs is 1. The van der Waals surface area contributed by atoms with Gasteiger partial charge in [-0.2, -0.15) is 0 Å². The second-order valence-corrected chi connectivity index (χ2v) is 7.67. The Labute approximate surface area is 170 Å². The number of aryl methyl sites for hydroxylation is 2. The lowest BCUT2D eigenvalue weighted by Gasteiger charge is -2.32. The van der Waals surface area contributed by atoms with Crippen molar-refractivity contribution < 1.29 is 9.21 Å². The Hall–Kier alpha value is -3.12. The summed E-state index contributed by atoms with van der Waals surface area (Å²) in [4.78, 5) is 16.8. The van der Waals surface area contributed by atoms with Crippen LogP contribution in [0, 0.1) is 5.41 Å². The molecule has 0 saturated carbocycles. The van der Waals surface area contributed by atoms with Crippen molar-refractivity contribution in [1.29, 1.82) is 5.41 Å². The van der Waals surface area contributed by atoms with Gasteiger partial charge in [0.15, 0.2) is 0 Å². The zero-order chi connectivity index (χ0) is 20.4. The standard InChI is InChI=1S/C23H26N4O2/c1-26-10-12-27(13-11-26)23(28)17-5-2-16(3-6-17)4-8-20-15-19-14-18(22(24)25)7-9-21(19)29-20/h2-3,5-7,9,14-15H,4,8,10-13H2,1H3,(H3,24,25). The maximum absolute atomic E-state index is 12.6. The summed E-state index contributed by atoms with van der Waals surface area (Å²) in [5, 5.41) is 8.51. The van der Waals surface area contributed by atoms with E-state index >= 15 is 0 Å². The quantitative estimate of drug-likeness (QED) is 0.518. The molecule has 2 heterocycles. The van der Waals surface area contributed by atoms with Crippen LogP contribution in [0.1, 0.15) is 27.2 Å². The molecule has 4 rings (SSSR count). The molecule has 1 amide bonds. The van der Waals surface area contributed by atoms with Crippen LogP contribution in [0.4, 0.5) is 0 Å². The van der Waals surface area contributed by atoms with Crippen LogP contribution in [0.15, 0.2) is 52.9 Å². The van der Waals surface area contributed by atoms with Crippen LogP contribution in [-0.4, -0.2) is 54.8 Å². The molecule has 0 bridgehead atoms. The van der Waals surface area contributed by atoms with Gasteiger partial charge in [0.1, 0.15) is 17.2 Å². The predicted molar refractivity (Wildman–Crippen MR) is 114 cm³/mol. The average molecular weight is 390 g/mol. The number of carbonyl (C=O) groups is 1. The van der Waals surface area contributed by atoms with Crippen molar-refractivity contribution in [3.05, 3.63) is 71.0 Å². The van der Waals surface area contributed by atoms with Crippen molar-refractivity contribution in [3.8, 4) is 0 Å². The molecule has 0 spiro atoms. The molecule has 1 aromatic heterocycles. The summed E-state index contributed by atoms with van der Waals surface area (Å²) < 4.78 is 5.90. The van der Waals surface area contributed by atoms with Crippen LogP contribution in [0.3, 0.4) is 0 Å². The van der Waals surface area contributed by atoms with Gasteiger partial charge in [0.05, 0.1) is 0 Å². The van der Waals surface area contributed by atoms with E-state index in [0.717, 1.165) is 61.3 Å². The zero-order valence-electron chi connectivity index (χ0n) is 16.6. The molecule has 1 aliphatic heterocycles. The first-order chi connectivity index (χ1) is 14.0. The van der Waals surface area contributed by atoms with E-state index in [-0.39, 0.29) is 11.7 Å². The molecule has 1 aliphatic rings. The van der Waals surface area contributed by atoms with Crippen molar-refractivity contribution in [2.24, 2.45) is 5.73 Å². The first-order valence-corrected chi connectivity index (χ1v) is 9.93. The summed E-state index contributed by atoms with van der Waals surface area (Å²) in [7, 11) is 2.08. The SMILES string of the molecule is CN1CCN(C(=O)c2ccc(CCc3cc4cc(C(=N)N)ccc4o3)cc2)CC1. The molecule has 6 nitrogen and oxygen atoms in total. The van der Waals surface area contributed by atoms with E-state index in [0.29, 0.717) is 5.56 Å². The number of nitrogen functional groups attached to an aromatic ring is 1. The van der Waals surface area contributed by atoms with Gasteiger partial charge in [-0.25, -0.2) is 0 Å². The van der Waals surface area contributed by atoms with Crippen molar-refractivity contribution in [2.45, 2.75) is 12.8 Å². The van der Waals surface area contributed by atoms with Crippen LogP contribution in [0.2, 0.25) is 0 Å². The highest BCUT2D eigenvalue weighted by Gasteiger charge is 2.20. The number of nitrogens with one attached hydrogen (secondary N) is 1. The van der Waals surface area contributed by atoms with Gasteiger partial charge < -0.3 is 20.0 Å². The van der Waals surface area contributed by atoms with Crippen LogP contribution in [0.5, 0.6) is 0 Å². The Morgan fingerprint density at radius 2 is 1.69 bits per heavy atom. The first kappa shape index (κ1) is 19.2. The van der Waals surface area contributed by atoms with Crippen LogP contribution in [-0.2, 0) is 12.8 Å². The molecule has 0 aliphatic carbocycles. The molecule has 0 radical (unpaired) electrons. The number of amides is 1. The molecule has 3 N–H and O–H groups in total. The molecule has 0 unspecified atom stereocenters. The van der Waals surface area contributed by atoms with Crippen molar-refractivity contribution in [2.75, 3.05) is 33.2 Å². The zero-order valence-corrected chi connectivity index (χ0v) is 16.6. The number of piperazine rings is 1. The number of hydrogen-bond acceptors (Lipinski definition) is 4. The minimum Gasteiger partial charge on any atom is -0.461 e. The summed E-state index contributed by atoms with van der Waals surface area (Å²) in [6, 6.07) is 15.4. The molecule has 2 aromatic carbocycles. The molecule has 150 valence electrons. The third kappa shape index (κ3) is 4.32. The number of carbonyl (C=O) groups excluding carboxylic acids is 1. The molecule has 1 fully saturated rings. The maximum atomic E-state index is 12.6. The summed E-state index contributed by atoms with van der Waals surface area (Å²) >= 11 is 0. The fraction of sp³-hybridized carbons (Fsp3) is 0.304. The van der Waals surface area contributed by atoms with Gasteiger partial charge in [0, 0.05) is 49.1 Å². The van der Waals surface area contributed by atoms with Gasteiger partial charge in [-0.3, -0.25) is 10.2 Å². The van der Waals surface area contributed by atoms with E-state index in [1.54, 1.807) is 6.07 Å². The number of nitrogens with two attached hydrogens (primary N) is 1. The third-order valence-corrected chi connectivity index (χ3v) is 5.53. The fourth-order valence-electron chi connectivity index (χ4n) is 3.66. The topological polar surface area (TPSA) is 86.6 Å². The lowest BCUT2D eigenvalue weighted by Crippen LogP contribution is -2.47. The van der Waals surface area contributed by atoms with Gasteiger partial charge in [-0.1, -0.05) is 12.1 Å². The highest BCUT2D eigenvalue weighted by molar-refractivity contribution is 5.98. The Kier molecular flexibility index (Phi) is 5.36. The minimum absolute atomic E-state index is 0.0564. The highest BCUT2D eigenvalue weighted by Crippen LogP contribution is 2.22. The molecule has 1 saturated heterocycles. The van der Waals surface area contributed by atoms with E-state index in [9.17, 15) is 4.79 Å². The number of amidine groups is 1. The average Bonchev–Trinajstić information content (AvgIpc) is 3.15. The lowest BCUT2D eigenvalue weighted by atomic mass is 10.1. The summed E-state index contributed by atoms with van der Waals surface area (Å²) in [5.74, 6) is 1.07. The van der Waals surface area contributed by atoms with Gasteiger partial charge in [-0.15, -0.1) is 0 Å². The van der Waals surface area contributed by atoms with Crippen LogP contribution >= 0.6 is 0 Å². The van der Waals surface area contributed by atoms with Gasteiger partial charge in [0.25, 0.3) is 5.91 Å². The van der Waals surface area contributed by atoms with Crippen molar-refractivity contribution >= 4 is 22.7 Å². The van der Waals surface area contributed by atoms with Gasteiger partial charge >= 0.3 is 0 Å². The van der Waals surface area contributed by atoms with E-state index in [4.69, 9.17) is 15.6 Å². The smallest absolute Gasteiger partial charge is 0.253 e. The molecular weight excluding hydrogens is 364 g/mol. The summed E-state index contributed by atoms with van der Waals surface area (Å²) in [6.45, 7) is 3.42.